The van der Waals surface area contributed by atoms with Crippen molar-refractivity contribution >= 4 is 11.9 Å². The van der Waals surface area contributed by atoms with Crippen LogP contribution in [0.1, 0.15) is 41.0 Å². The van der Waals surface area contributed by atoms with Gasteiger partial charge in [-0.25, -0.2) is 4.79 Å². The van der Waals surface area contributed by atoms with Crippen LogP contribution < -0.4 is 16.0 Å². The SMILES string of the molecule is CNC(=O)CNC(=O)NCCC(C)(C)C(C)(C)C. The van der Waals surface area contributed by atoms with E-state index in [2.05, 4.69) is 50.6 Å². The molecule has 0 saturated carbocycles. The van der Waals surface area contributed by atoms with E-state index < -0.39 is 0 Å². The first-order valence-corrected chi connectivity index (χ1v) is 6.32. The molecular formula is C13H27N3O2. The smallest absolute Gasteiger partial charge is 0.315 e. The van der Waals surface area contributed by atoms with Crippen LogP contribution in [0, 0.1) is 10.8 Å². The number of hydrogen-bond acceptors (Lipinski definition) is 2. The van der Waals surface area contributed by atoms with Crippen molar-refractivity contribution in [1.29, 1.82) is 0 Å². The molecule has 0 spiro atoms. The molecule has 0 atom stereocenters. The maximum atomic E-state index is 11.4. The average Bonchev–Trinajstić information content (AvgIpc) is 2.24. The zero-order valence-electron chi connectivity index (χ0n) is 12.4. The predicted octanol–water partition coefficient (Wildman–Crippen LogP) is 1.49. The molecule has 0 bridgehead atoms. The van der Waals surface area contributed by atoms with Crippen LogP contribution in [0.25, 0.3) is 0 Å². The van der Waals surface area contributed by atoms with Crippen molar-refractivity contribution in [2.45, 2.75) is 41.0 Å². The number of rotatable bonds is 5. The minimum atomic E-state index is -0.302. The highest BCUT2D eigenvalue weighted by molar-refractivity contribution is 5.83. The lowest BCUT2D eigenvalue weighted by Gasteiger charge is -2.39. The van der Waals surface area contributed by atoms with Gasteiger partial charge in [-0.15, -0.1) is 0 Å². The zero-order chi connectivity index (χ0) is 14.4. The summed E-state index contributed by atoms with van der Waals surface area (Å²) in [7, 11) is 1.54. The molecule has 5 heteroatoms. The molecular weight excluding hydrogens is 230 g/mol. The van der Waals surface area contributed by atoms with Gasteiger partial charge >= 0.3 is 6.03 Å². The summed E-state index contributed by atoms with van der Waals surface area (Å²) in [4.78, 5) is 22.3. The molecule has 0 fully saturated rings. The van der Waals surface area contributed by atoms with Gasteiger partial charge in [0.2, 0.25) is 5.91 Å². The van der Waals surface area contributed by atoms with Gasteiger partial charge in [0.15, 0.2) is 0 Å². The van der Waals surface area contributed by atoms with Gasteiger partial charge < -0.3 is 16.0 Å². The minimum absolute atomic E-state index is 0.00496. The topological polar surface area (TPSA) is 70.2 Å². The Morgan fingerprint density at radius 2 is 1.56 bits per heavy atom. The molecule has 0 radical (unpaired) electrons. The first kappa shape index (κ1) is 16.7. The molecule has 0 rings (SSSR count). The molecule has 0 saturated heterocycles. The highest BCUT2D eigenvalue weighted by atomic mass is 16.2. The fraction of sp³-hybridized carbons (Fsp3) is 0.846. The van der Waals surface area contributed by atoms with Gasteiger partial charge in [-0.05, 0) is 17.3 Å². The van der Waals surface area contributed by atoms with Gasteiger partial charge in [0.05, 0.1) is 6.54 Å². The molecule has 18 heavy (non-hydrogen) atoms. The lowest BCUT2D eigenvalue weighted by molar-refractivity contribution is -0.119. The summed E-state index contributed by atoms with van der Waals surface area (Å²) in [6.45, 7) is 11.6. The van der Waals surface area contributed by atoms with Crippen LogP contribution in [0.3, 0.4) is 0 Å². The van der Waals surface area contributed by atoms with E-state index in [1.807, 2.05) is 0 Å². The van der Waals surface area contributed by atoms with Crippen molar-refractivity contribution in [3.63, 3.8) is 0 Å². The summed E-state index contributed by atoms with van der Waals surface area (Å²) >= 11 is 0. The summed E-state index contributed by atoms with van der Waals surface area (Å²) in [5.41, 5.74) is 0.328. The van der Waals surface area contributed by atoms with Crippen molar-refractivity contribution in [3.8, 4) is 0 Å². The van der Waals surface area contributed by atoms with Crippen molar-refractivity contribution in [3.05, 3.63) is 0 Å². The number of hydrogen-bond donors (Lipinski definition) is 3. The Bertz CT molecular complexity index is 293. The quantitative estimate of drug-likeness (QED) is 0.698. The van der Waals surface area contributed by atoms with Gasteiger partial charge in [0, 0.05) is 13.6 Å². The van der Waals surface area contributed by atoms with Crippen LogP contribution in [0.2, 0.25) is 0 Å². The van der Waals surface area contributed by atoms with E-state index in [4.69, 9.17) is 0 Å². The molecule has 5 nitrogen and oxygen atoms in total. The fourth-order valence-corrected chi connectivity index (χ4v) is 1.17. The Kier molecular flexibility index (Phi) is 6.15. The molecule has 3 amide bonds. The zero-order valence-corrected chi connectivity index (χ0v) is 12.4. The second-order valence-corrected chi connectivity index (χ2v) is 6.17. The van der Waals surface area contributed by atoms with Crippen LogP contribution in [0.15, 0.2) is 0 Å². The van der Waals surface area contributed by atoms with Crippen LogP contribution in [0.5, 0.6) is 0 Å². The van der Waals surface area contributed by atoms with E-state index in [1.54, 1.807) is 0 Å². The Hall–Kier alpha value is -1.26. The van der Waals surface area contributed by atoms with Gasteiger partial charge in [0.1, 0.15) is 0 Å². The normalized spacial score (nSPS) is 11.9. The van der Waals surface area contributed by atoms with Crippen LogP contribution >= 0.6 is 0 Å². The maximum absolute atomic E-state index is 11.4. The highest BCUT2D eigenvalue weighted by Crippen LogP contribution is 2.40. The first-order valence-electron chi connectivity index (χ1n) is 6.32. The second-order valence-electron chi connectivity index (χ2n) is 6.17. The van der Waals surface area contributed by atoms with E-state index in [0.29, 0.717) is 6.54 Å². The largest absolute Gasteiger partial charge is 0.358 e. The number of carbonyl (C=O) groups excluding carboxylic acids is 2. The summed E-state index contributed by atoms with van der Waals surface area (Å²) in [5, 5.41) is 7.70. The molecule has 0 aliphatic heterocycles. The lowest BCUT2D eigenvalue weighted by Crippen LogP contribution is -2.43. The minimum Gasteiger partial charge on any atom is -0.358 e. The Morgan fingerprint density at radius 1 is 1.00 bits per heavy atom. The third kappa shape index (κ3) is 5.89. The van der Waals surface area contributed by atoms with E-state index in [0.717, 1.165) is 6.42 Å². The summed E-state index contributed by atoms with van der Waals surface area (Å²) in [6, 6.07) is -0.302. The Morgan fingerprint density at radius 3 is 2.00 bits per heavy atom. The summed E-state index contributed by atoms with van der Waals surface area (Å²) in [6.07, 6.45) is 0.893. The highest BCUT2D eigenvalue weighted by Gasteiger charge is 2.32. The van der Waals surface area contributed by atoms with Gasteiger partial charge in [-0.2, -0.15) is 0 Å². The number of carbonyl (C=O) groups is 2. The number of urea groups is 1. The Balaban J connectivity index is 3.92. The summed E-state index contributed by atoms with van der Waals surface area (Å²) < 4.78 is 0. The third-order valence-electron chi connectivity index (χ3n) is 3.75. The molecule has 0 aromatic heterocycles. The summed E-state index contributed by atoms with van der Waals surface area (Å²) in [5.74, 6) is -0.208. The van der Waals surface area contributed by atoms with E-state index in [-0.39, 0.29) is 29.3 Å². The molecule has 3 N–H and O–H groups in total. The molecule has 0 aromatic rings. The number of amides is 3. The van der Waals surface area contributed by atoms with Crippen molar-refractivity contribution in [1.82, 2.24) is 16.0 Å². The lowest BCUT2D eigenvalue weighted by atomic mass is 9.67. The van der Waals surface area contributed by atoms with Crippen LogP contribution in [0.4, 0.5) is 4.79 Å². The third-order valence-corrected chi connectivity index (χ3v) is 3.75. The van der Waals surface area contributed by atoms with E-state index in [9.17, 15) is 9.59 Å². The van der Waals surface area contributed by atoms with Crippen molar-refractivity contribution < 1.29 is 9.59 Å². The maximum Gasteiger partial charge on any atom is 0.315 e. The molecule has 0 heterocycles. The van der Waals surface area contributed by atoms with Crippen LogP contribution in [-0.2, 0) is 4.79 Å². The number of likely N-dealkylation sites (N-methyl/N-ethyl adjacent to an activating group) is 1. The monoisotopic (exact) mass is 257 g/mol. The average molecular weight is 257 g/mol. The molecule has 0 aliphatic rings. The Labute approximate surface area is 110 Å². The van der Waals surface area contributed by atoms with Gasteiger partial charge in [-0.3, -0.25) is 4.79 Å². The fourth-order valence-electron chi connectivity index (χ4n) is 1.17. The van der Waals surface area contributed by atoms with E-state index >= 15 is 0 Å². The second kappa shape index (κ2) is 6.61. The van der Waals surface area contributed by atoms with Crippen LogP contribution in [-0.4, -0.2) is 32.1 Å². The van der Waals surface area contributed by atoms with Gasteiger partial charge in [-0.1, -0.05) is 34.6 Å². The molecule has 106 valence electrons. The standard InChI is InChI=1S/C13H27N3O2/c1-12(2,3)13(4,5)7-8-15-11(18)16-9-10(17)14-6/h7-9H2,1-6H3,(H,14,17)(H2,15,16,18). The molecule has 0 aliphatic carbocycles. The first-order chi connectivity index (χ1) is 8.10. The molecule has 0 unspecified atom stereocenters. The predicted molar refractivity (Wildman–Crippen MR) is 73.3 cm³/mol. The van der Waals surface area contributed by atoms with Gasteiger partial charge in [0.25, 0.3) is 0 Å². The molecule has 0 aromatic carbocycles. The number of nitrogens with one attached hydrogen (secondary N) is 3. The van der Waals surface area contributed by atoms with Crippen molar-refractivity contribution in [2.75, 3.05) is 20.1 Å². The van der Waals surface area contributed by atoms with Crippen molar-refractivity contribution in [2.24, 2.45) is 10.8 Å². The van der Waals surface area contributed by atoms with E-state index in [1.165, 1.54) is 7.05 Å².